The van der Waals surface area contributed by atoms with Crippen LogP contribution in [0, 0.1) is 5.92 Å². The Bertz CT molecular complexity index is 445. The highest BCUT2D eigenvalue weighted by molar-refractivity contribution is 5.43. The molecule has 1 aliphatic heterocycles. The van der Waals surface area contributed by atoms with Crippen molar-refractivity contribution in [2.45, 2.75) is 25.3 Å². The zero-order valence-electron chi connectivity index (χ0n) is 12.1. The quantitative estimate of drug-likeness (QED) is 0.827. The number of hydrogen-bond acceptors (Lipinski definition) is 4. The highest BCUT2D eigenvalue weighted by Gasteiger charge is 2.30. The second-order valence-corrected chi connectivity index (χ2v) is 5.58. The molecule has 0 amide bonds. The molecule has 1 fully saturated rings. The lowest BCUT2D eigenvalue weighted by molar-refractivity contribution is 0.158. The van der Waals surface area contributed by atoms with Crippen LogP contribution in [0.4, 0.5) is 0 Å². The van der Waals surface area contributed by atoms with Gasteiger partial charge in [0.1, 0.15) is 13.2 Å². The molecule has 1 unspecified atom stereocenters. The molecule has 4 heteroatoms. The molecule has 4 nitrogen and oxygen atoms in total. The van der Waals surface area contributed by atoms with Crippen LogP contribution in [0.5, 0.6) is 11.5 Å². The van der Waals surface area contributed by atoms with Crippen molar-refractivity contribution in [3.63, 3.8) is 0 Å². The van der Waals surface area contributed by atoms with Crippen molar-refractivity contribution in [2.75, 3.05) is 33.5 Å². The van der Waals surface area contributed by atoms with Crippen LogP contribution in [0.15, 0.2) is 18.2 Å². The summed E-state index contributed by atoms with van der Waals surface area (Å²) in [5, 5.41) is 3.61. The first kappa shape index (κ1) is 13.7. The Morgan fingerprint density at radius 3 is 2.80 bits per heavy atom. The molecule has 0 bridgehead atoms. The van der Waals surface area contributed by atoms with E-state index in [2.05, 4.69) is 17.4 Å². The zero-order chi connectivity index (χ0) is 13.8. The van der Waals surface area contributed by atoms with E-state index in [1.54, 1.807) is 7.11 Å². The summed E-state index contributed by atoms with van der Waals surface area (Å²) >= 11 is 0. The predicted octanol–water partition coefficient (Wildman–Crippen LogP) is 2.01. The highest BCUT2D eigenvalue weighted by Crippen LogP contribution is 2.33. The van der Waals surface area contributed by atoms with E-state index in [-0.39, 0.29) is 0 Å². The van der Waals surface area contributed by atoms with Crippen LogP contribution in [0.3, 0.4) is 0 Å². The summed E-state index contributed by atoms with van der Waals surface area (Å²) in [6, 6.07) is 6.74. The minimum atomic E-state index is 0.511. The topological polar surface area (TPSA) is 39.7 Å². The number of methoxy groups -OCH3 is 1. The van der Waals surface area contributed by atoms with E-state index in [4.69, 9.17) is 14.2 Å². The van der Waals surface area contributed by atoms with Gasteiger partial charge in [-0.1, -0.05) is 6.07 Å². The average molecular weight is 277 g/mol. The minimum Gasteiger partial charge on any atom is -0.486 e. The maximum Gasteiger partial charge on any atom is 0.161 e. The minimum absolute atomic E-state index is 0.511. The van der Waals surface area contributed by atoms with Gasteiger partial charge < -0.3 is 19.5 Å². The second-order valence-electron chi connectivity index (χ2n) is 5.58. The molecular weight excluding hydrogens is 254 g/mol. The van der Waals surface area contributed by atoms with Crippen molar-refractivity contribution in [2.24, 2.45) is 5.92 Å². The molecule has 110 valence electrons. The molecule has 1 aliphatic carbocycles. The largest absolute Gasteiger partial charge is 0.486 e. The van der Waals surface area contributed by atoms with E-state index in [9.17, 15) is 0 Å². The molecule has 20 heavy (non-hydrogen) atoms. The normalized spacial score (nSPS) is 18.9. The summed E-state index contributed by atoms with van der Waals surface area (Å²) in [6.45, 7) is 3.08. The fourth-order valence-electron chi connectivity index (χ4n) is 2.69. The van der Waals surface area contributed by atoms with Gasteiger partial charge in [0.25, 0.3) is 0 Å². The van der Waals surface area contributed by atoms with Gasteiger partial charge in [-0.2, -0.15) is 0 Å². The number of nitrogens with one attached hydrogen (secondary N) is 1. The Balaban J connectivity index is 1.50. The lowest BCUT2D eigenvalue weighted by atomic mass is 10.1. The van der Waals surface area contributed by atoms with Gasteiger partial charge in [-0.05, 0) is 49.4 Å². The predicted molar refractivity (Wildman–Crippen MR) is 77.5 cm³/mol. The van der Waals surface area contributed by atoms with Crippen molar-refractivity contribution < 1.29 is 14.2 Å². The summed E-state index contributed by atoms with van der Waals surface area (Å²) in [6.07, 6.45) is 3.68. The number of rotatable bonds is 7. The molecule has 1 N–H and O–H groups in total. The molecule has 0 radical (unpaired) electrons. The van der Waals surface area contributed by atoms with Gasteiger partial charge in [0.05, 0.1) is 6.61 Å². The first-order valence-electron chi connectivity index (χ1n) is 7.47. The molecule has 1 atom stereocenters. The summed E-state index contributed by atoms with van der Waals surface area (Å²) in [7, 11) is 1.78. The zero-order valence-corrected chi connectivity index (χ0v) is 12.1. The third-order valence-corrected chi connectivity index (χ3v) is 3.96. The number of benzene rings is 1. The van der Waals surface area contributed by atoms with E-state index in [0.717, 1.165) is 37.0 Å². The Hall–Kier alpha value is -1.26. The van der Waals surface area contributed by atoms with Crippen LogP contribution in [-0.2, 0) is 11.2 Å². The fourth-order valence-corrected chi connectivity index (χ4v) is 2.69. The van der Waals surface area contributed by atoms with E-state index in [1.807, 2.05) is 6.07 Å². The van der Waals surface area contributed by atoms with Gasteiger partial charge in [0.2, 0.25) is 0 Å². The SMILES string of the molecule is COCC(NCCc1ccc2c(c1)OCCO2)C1CC1. The maximum atomic E-state index is 5.61. The number of hydrogen-bond donors (Lipinski definition) is 1. The van der Waals surface area contributed by atoms with Crippen LogP contribution in [0.1, 0.15) is 18.4 Å². The molecule has 1 saturated carbocycles. The first-order valence-corrected chi connectivity index (χ1v) is 7.47. The standard InChI is InChI=1S/C16H23NO3/c1-18-11-14(13-3-4-13)17-7-6-12-2-5-15-16(10-12)20-9-8-19-15/h2,5,10,13-14,17H,3-4,6-9,11H2,1H3. The van der Waals surface area contributed by atoms with Crippen LogP contribution < -0.4 is 14.8 Å². The number of ether oxygens (including phenoxy) is 3. The Morgan fingerprint density at radius 1 is 1.25 bits per heavy atom. The lowest BCUT2D eigenvalue weighted by Gasteiger charge is -2.20. The highest BCUT2D eigenvalue weighted by atomic mass is 16.6. The van der Waals surface area contributed by atoms with Crippen molar-refractivity contribution in [1.82, 2.24) is 5.32 Å². The third-order valence-electron chi connectivity index (χ3n) is 3.96. The fraction of sp³-hybridized carbons (Fsp3) is 0.625. The molecule has 1 heterocycles. The van der Waals surface area contributed by atoms with Gasteiger partial charge in [-0.25, -0.2) is 0 Å². The monoisotopic (exact) mass is 277 g/mol. The molecular formula is C16H23NO3. The average Bonchev–Trinajstić information content (AvgIpc) is 3.31. The van der Waals surface area contributed by atoms with E-state index >= 15 is 0 Å². The van der Waals surface area contributed by atoms with Crippen molar-refractivity contribution in [1.29, 1.82) is 0 Å². The van der Waals surface area contributed by atoms with E-state index in [1.165, 1.54) is 18.4 Å². The van der Waals surface area contributed by atoms with Crippen molar-refractivity contribution >= 4 is 0 Å². The van der Waals surface area contributed by atoms with Gasteiger partial charge in [0, 0.05) is 13.2 Å². The molecule has 3 rings (SSSR count). The lowest BCUT2D eigenvalue weighted by Crippen LogP contribution is -2.36. The third kappa shape index (κ3) is 3.44. The smallest absolute Gasteiger partial charge is 0.161 e. The van der Waals surface area contributed by atoms with Gasteiger partial charge in [-0.15, -0.1) is 0 Å². The first-order chi connectivity index (χ1) is 9.86. The van der Waals surface area contributed by atoms with Crippen LogP contribution in [0.25, 0.3) is 0 Å². The maximum absolute atomic E-state index is 5.61. The van der Waals surface area contributed by atoms with Gasteiger partial charge in [0.15, 0.2) is 11.5 Å². The molecule has 0 saturated heterocycles. The molecule has 2 aliphatic rings. The molecule has 0 aromatic heterocycles. The Labute approximate surface area is 120 Å². The van der Waals surface area contributed by atoms with Crippen LogP contribution in [-0.4, -0.2) is 39.5 Å². The Morgan fingerprint density at radius 2 is 2.05 bits per heavy atom. The summed E-state index contributed by atoms with van der Waals surface area (Å²) in [5.74, 6) is 2.56. The van der Waals surface area contributed by atoms with E-state index in [0.29, 0.717) is 19.3 Å². The van der Waals surface area contributed by atoms with E-state index < -0.39 is 0 Å². The molecule has 1 aromatic rings. The van der Waals surface area contributed by atoms with Crippen molar-refractivity contribution in [3.8, 4) is 11.5 Å². The Kier molecular flexibility index (Phi) is 4.43. The van der Waals surface area contributed by atoms with Gasteiger partial charge >= 0.3 is 0 Å². The van der Waals surface area contributed by atoms with Crippen molar-refractivity contribution in [3.05, 3.63) is 23.8 Å². The molecule has 0 spiro atoms. The summed E-state index contributed by atoms with van der Waals surface area (Å²) in [5.41, 5.74) is 1.29. The molecule has 1 aromatic carbocycles. The summed E-state index contributed by atoms with van der Waals surface area (Å²) < 4.78 is 16.4. The van der Waals surface area contributed by atoms with Crippen LogP contribution >= 0.6 is 0 Å². The summed E-state index contributed by atoms with van der Waals surface area (Å²) in [4.78, 5) is 0. The number of fused-ring (bicyclic) bond motifs is 1. The van der Waals surface area contributed by atoms with Gasteiger partial charge in [-0.3, -0.25) is 0 Å². The van der Waals surface area contributed by atoms with Crippen LogP contribution in [0.2, 0.25) is 0 Å². The second kappa shape index (κ2) is 6.46.